The smallest absolute Gasteiger partial charge is 0.0375 e. The fourth-order valence-corrected chi connectivity index (χ4v) is 4.02. The summed E-state index contributed by atoms with van der Waals surface area (Å²) < 4.78 is 1.47. The second-order valence-corrected chi connectivity index (χ2v) is 6.53. The van der Waals surface area contributed by atoms with Crippen LogP contribution in [0.4, 0.5) is 0 Å². The van der Waals surface area contributed by atoms with Crippen molar-refractivity contribution >= 4 is 21.4 Å². The third-order valence-electron chi connectivity index (χ3n) is 3.87. The number of rotatable bonds is 2. The summed E-state index contributed by atoms with van der Waals surface area (Å²) in [5, 5.41) is 1.42. The fourth-order valence-electron chi connectivity index (χ4n) is 2.85. The Balaban J connectivity index is 1.79. The molecule has 18 heavy (non-hydrogen) atoms. The first kappa shape index (κ1) is 12.2. The van der Waals surface area contributed by atoms with Gasteiger partial charge in [-0.1, -0.05) is 31.0 Å². The molecule has 96 valence electrons. The van der Waals surface area contributed by atoms with Gasteiger partial charge in [0.25, 0.3) is 0 Å². The number of nitrogens with zero attached hydrogens (tertiary/aromatic N) is 1. The van der Waals surface area contributed by atoms with E-state index in [4.69, 9.17) is 0 Å². The molecular formula is C16H21NS. The highest BCUT2D eigenvalue weighted by molar-refractivity contribution is 7.19. The third kappa shape index (κ3) is 2.60. The predicted molar refractivity (Wildman–Crippen MR) is 80.3 cm³/mol. The van der Waals surface area contributed by atoms with E-state index in [1.807, 2.05) is 11.3 Å². The second-order valence-electron chi connectivity index (χ2n) is 5.40. The highest BCUT2D eigenvalue weighted by atomic mass is 32.1. The van der Waals surface area contributed by atoms with E-state index in [2.05, 4.69) is 36.1 Å². The zero-order valence-corrected chi connectivity index (χ0v) is 11.9. The van der Waals surface area contributed by atoms with Gasteiger partial charge in [-0.3, -0.25) is 4.90 Å². The molecule has 0 radical (unpaired) electrons. The number of likely N-dealkylation sites (tertiary alicyclic amines) is 1. The Hall–Kier alpha value is -0.860. The van der Waals surface area contributed by atoms with Gasteiger partial charge in [-0.15, -0.1) is 11.3 Å². The second kappa shape index (κ2) is 5.41. The highest BCUT2D eigenvalue weighted by Crippen LogP contribution is 2.29. The summed E-state index contributed by atoms with van der Waals surface area (Å²) in [4.78, 5) is 4.16. The zero-order valence-electron chi connectivity index (χ0n) is 11.1. The van der Waals surface area contributed by atoms with Crippen molar-refractivity contribution in [3.8, 4) is 0 Å². The Morgan fingerprint density at radius 2 is 1.89 bits per heavy atom. The molecular weight excluding hydrogens is 238 g/mol. The van der Waals surface area contributed by atoms with Crippen LogP contribution in [0.2, 0.25) is 0 Å². The molecule has 0 unspecified atom stereocenters. The summed E-state index contributed by atoms with van der Waals surface area (Å²) in [6.07, 6.45) is 5.60. The molecule has 1 aliphatic rings. The van der Waals surface area contributed by atoms with Crippen molar-refractivity contribution in [2.24, 2.45) is 0 Å². The first-order valence-corrected chi connectivity index (χ1v) is 7.85. The summed E-state index contributed by atoms with van der Waals surface area (Å²) in [6.45, 7) is 5.94. The molecule has 0 N–H and O–H groups in total. The molecule has 0 amide bonds. The Labute approximate surface area is 113 Å². The minimum Gasteiger partial charge on any atom is -0.298 e. The van der Waals surface area contributed by atoms with Gasteiger partial charge in [0.2, 0.25) is 0 Å². The standard InChI is InChI=1S/C16H21NS/c1-13-7-6-8-14-11-15(18-16(13)14)12-17-9-4-2-3-5-10-17/h6-8,11H,2-5,9-10,12H2,1H3. The topological polar surface area (TPSA) is 3.24 Å². The quantitative estimate of drug-likeness (QED) is 0.762. The number of fused-ring (bicyclic) bond motifs is 1. The maximum Gasteiger partial charge on any atom is 0.0375 e. The van der Waals surface area contributed by atoms with Gasteiger partial charge in [-0.2, -0.15) is 0 Å². The van der Waals surface area contributed by atoms with Crippen molar-refractivity contribution < 1.29 is 0 Å². The molecule has 0 atom stereocenters. The molecule has 1 aliphatic heterocycles. The average molecular weight is 259 g/mol. The van der Waals surface area contributed by atoms with Gasteiger partial charge in [-0.25, -0.2) is 0 Å². The van der Waals surface area contributed by atoms with E-state index in [0.29, 0.717) is 0 Å². The van der Waals surface area contributed by atoms with Gasteiger partial charge >= 0.3 is 0 Å². The molecule has 2 heterocycles. The largest absolute Gasteiger partial charge is 0.298 e. The zero-order chi connectivity index (χ0) is 12.4. The summed E-state index contributed by atoms with van der Waals surface area (Å²) in [5.74, 6) is 0. The Kier molecular flexibility index (Phi) is 3.67. The number of hydrogen-bond acceptors (Lipinski definition) is 2. The maximum atomic E-state index is 2.63. The van der Waals surface area contributed by atoms with Gasteiger partial charge in [0, 0.05) is 16.1 Å². The van der Waals surface area contributed by atoms with E-state index < -0.39 is 0 Å². The Morgan fingerprint density at radius 3 is 2.61 bits per heavy atom. The van der Waals surface area contributed by atoms with E-state index >= 15 is 0 Å². The Bertz CT molecular complexity index is 521. The van der Waals surface area contributed by atoms with Crippen LogP contribution in [0.3, 0.4) is 0 Å². The van der Waals surface area contributed by atoms with Crippen molar-refractivity contribution in [2.45, 2.75) is 39.2 Å². The molecule has 2 aromatic rings. The van der Waals surface area contributed by atoms with Gasteiger partial charge in [0.05, 0.1) is 0 Å². The van der Waals surface area contributed by atoms with Crippen LogP contribution in [0.5, 0.6) is 0 Å². The fraction of sp³-hybridized carbons (Fsp3) is 0.500. The van der Waals surface area contributed by atoms with E-state index in [-0.39, 0.29) is 0 Å². The van der Waals surface area contributed by atoms with Crippen LogP contribution in [-0.2, 0) is 6.54 Å². The molecule has 1 aromatic heterocycles. The lowest BCUT2D eigenvalue weighted by Gasteiger charge is -2.18. The van der Waals surface area contributed by atoms with Crippen molar-refractivity contribution in [2.75, 3.05) is 13.1 Å². The molecule has 1 saturated heterocycles. The molecule has 3 rings (SSSR count). The van der Waals surface area contributed by atoms with Crippen molar-refractivity contribution in [3.05, 3.63) is 34.7 Å². The SMILES string of the molecule is Cc1cccc2cc(CN3CCCCCC3)sc12. The summed E-state index contributed by atoms with van der Waals surface area (Å²) in [6, 6.07) is 9.01. The minimum absolute atomic E-state index is 1.15. The van der Waals surface area contributed by atoms with Gasteiger partial charge in [0.1, 0.15) is 0 Å². The van der Waals surface area contributed by atoms with Gasteiger partial charge < -0.3 is 0 Å². The molecule has 0 aliphatic carbocycles. The number of thiophene rings is 1. The van der Waals surface area contributed by atoms with Crippen molar-refractivity contribution in [3.63, 3.8) is 0 Å². The first-order chi connectivity index (χ1) is 8.83. The van der Waals surface area contributed by atoms with Crippen LogP contribution in [-0.4, -0.2) is 18.0 Å². The molecule has 1 fully saturated rings. The minimum atomic E-state index is 1.15. The lowest BCUT2D eigenvalue weighted by Crippen LogP contribution is -2.23. The van der Waals surface area contributed by atoms with E-state index in [1.54, 1.807) is 0 Å². The summed E-state index contributed by atoms with van der Waals surface area (Å²) >= 11 is 1.98. The normalized spacial score (nSPS) is 18.1. The molecule has 0 spiro atoms. The van der Waals surface area contributed by atoms with Crippen LogP contribution in [0, 0.1) is 6.92 Å². The number of aryl methyl sites for hydroxylation is 1. The molecule has 1 nitrogen and oxygen atoms in total. The summed E-state index contributed by atoms with van der Waals surface area (Å²) in [5.41, 5.74) is 1.42. The molecule has 2 heteroatoms. The first-order valence-electron chi connectivity index (χ1n) is 7.03. The average Bonchev–Trinajstić information content (AvgIpc) is 2.60. The monoisotopic (exact) mass is 259 g/mol. The van der Waals surface area contributed by atoms with Crippen LogP contribution < -0.4 is 0 Å². The van der Waals surface area contributed by atoms with Crippen molar-refractivity contribution in [1.29, 1.82) is 0 Å². The Morgan fingerprint density at radius 1 is 1.11 bits per heavy atom. The van der Waals surface area contributed by atoms with E-state index in [9.17, 15) is 0 Å². The lowest BCUT2D eigenvalue weighted by molar-refractivity contribution is 0.279. The number of benzene rings is 1. The van der Waals surface area contributed by atoms with Crippen molar-refractivity contribution in [1.82, 2.24) is 4.90 Å². The van der Waals surface area contributed by atoms with E-state index in [0.717, 1.165) is 6.54 Å². The molecule has 0 bridgehead atoms. The third-order valence-corrected chi connectivity index (χ3v) is 5.14. The lowest BCUT2D eigenvalue weighted by atomic mass is 10.2. The van der Waals surface area contributed by atoms with E-state index in [1.165, 1.54) is 59.3 Å². The summed E-state index contributed by atoms with van der Waals surface area (Å²) in [7, 11) is 0. The van der Waals surface area contributed by atoms with Crippen LogP contribution in [0.25, 0.3) is 10.1 Å². The molecule has 1 aromatic carbocycles. The number of hydrogen-bond donors (Lipinski definition) is 0. The van der Waals surface area contributed by atoms with Crippen LogP contribution in [0.1, 0.15) is 36.1 Å². The maximum absolute atomic E-state index is 2.63. The van der Waals surface area contributed by atoms with Crippen LogP contribution in [0.15, 0.2) is 24.3 Å². The van der Waals surface area contributed by atoms with Gasteiger partial charge in [0.15, 0.2) is 0 Å². The van der Waals surface area contributed by atoms with Gasteiger partial charge in [-0.05, 0) is 49.9 Å². The predicted octanol–water partition coefficient (Wildman–Crippen LogP) is 4.59. The van der Waals surface area contributed by atoms with Crippen LogP contribution >= 0.6 is 11.3 Å². The highest BCUT2D eigenvalue weighted by Gasteiger charge is 2.11. The molecule has 0 saturated carbocycles.